The molecule has 0 bridgehead atoms. The minimum atomic E-state index is -0.408. The molecule has 0 spiro atoms. The van der Waals surface area contributed by atoms with Crippen LogP contribution in [-0.2, 0) is 9.16 Å². The van der Waals surface area contributed by atoms with Crippen LogP contribution < -0.4 is 0 Å². The first-order chi connectivity index (χ1) is 4.85. The van der Waals surface area contributed by atoms with Gasteiger partial charge in [-0.05, 0) is 20.3 Å². The van der Waals surface area contributed by atoms with Gasteiger partial charge in [-0.3, -0.25) is 0 Å². The zero-order valence-corrected chi connectivity index (χ0v) is 8.64. The summed E-state index contributed by atoms with van der Waals surface area (Å²) in [7, 11) is -0.408. The Kier molecular flexibility index (Phi) is 7.35. The molecule has 0 aromatic rings. The van der Waals surface area contributed by atoms with Crippen molar-refractivity contribution in [2.75, 3.05) is 13.2 Å². The van der Waals surface area contributed by atoms with Gasteiger partial charge in [-0.1, -0.05) is 6.92 Å². The lowest BCUT2D eigenvalue weighted by Gasteiger charge is -2.12. The number of hydrogen-bond acceptors (Lipinski definition) is 2. The highest BCUT2D eigenvalue weighted by Gasteiger charge is 2.04. The van der Waals surface area contributed by atoms with Crippen LogP contribution in [0.4, 0.5) is 0 Å². The molecule has 3 heteroatoms. The van der Waals surface area contributed by atoms with E-state index in [0.717, 1.165) is 19.6 Å². The zero-order chi connectivity index (χ0) is 7.82. The van der Waals surface area contributed by atoms with Gasteiger partial charge in [-0.25, -0.2) is 0 Å². The van der Waals surface area contributed by atoms with E-state index in [0.29, 0.717) is 5.73 Å². The van der Waals surface area contributed by atoms with Crippen molar-refractivity contribution >= 4 is 9.76 Å². The van der Waals surface area contributed by atoms with Crippen molar-refractivity contribution in [2.24, 2.45) is 0 Å². The standard InChI is InChI=1S/C7H18O2Si/c1-4-7(8-5-2)10-9-6-3/h7H,4-6,10H2,1-3H3. The third-order valence-electron chi connectivity index (χ3n) is 1.37. The molecule has 1 atom stereocenters. The van der Waals surface area contributed by atoms with Gasteiger partial charge in [0, 0.05) is 13.2 Å². The maximum atomic E-state index is 5.43. The van der Waals surface area contributed by atoms with Gasteiger partial charge >= 0.3 is 0 Å². The predicted octanol–water partition coefficient (Wildman–Crippen LogP) is 0.879. The third-order valence-corrected chi connectivity index (χ3v) is 3.19. The van der Waals surface area contributed by atoms with E-state index in [2.05, 4.69) is 6.92 Å². The molecule has 0 fully saturated rings. The van der Waals surface area contributed by atoms with Crippen LogP contribution in [0.25, 0.3) is 0 Å². The lowest BCUT2D eigenvalue weighted by atomic mass is 10.5. The predicted molar refractivity (Wildman–Crippen MR) is 45.9 cm³/mol. The second-order valence-electron chi connectivity index (χ2n) is 2.15. The fourth-order valence-electron chi connectivity index (χ4n) is 0.769. The van der Waals surface area contributed by atoms with Gasteiger partial charge in [0.2, 0.25) is 0 Å². The van der Waals surface area contributed by atoms with E-state index in [1.54, 1.807) is 0 Å². The highest BCUT2D eigenvalue weighted by Crippen LogP contribution is 1.95. The normalized spacial score (nSPS) is 14.7. The van der Waals surface area contributed by atoms with E-state index in [1.807, 2.05) is 13.8 Å². The Labute approximate surface area is 65.9 Å². The Morgan fingerprint density at radius 2 is 1.90 bits per heavy atom. The van der Waals surface area contributed by atoms with Crippen molar-refractivity contribution in [3.05, 3.63) is 0 Å². The Bertz CT molecular complexity index is 68.6. The van der Waals surface area contributed by atoms with Gasteiger partial charge < -0.3 is 9.16 Å². The van der Waals surface area contributed by atoms with Crippen LogP contribution in [0.1, 0.15) is 27.2 Å². The van der Waals surface area contributed by atoms with Gasteiger partial charge in [-0.15, -0.1) is 0 Å². The minimum Gasteiger partial charge on any atom is -0.422 e. The molecule has 0 rings (SSSR count). The molecular formula is C7H18O2Si. The first-order valence-electron chi connectivity index (χ1n) is 4.04. The quantitative estimate of drug-likeness (QED) is 0.540. The van der Waals surface area contributed by atoms with E-state index >= 15 is 0 Å². The first kappa shape index (κ1) is 10.1. The molecule has 0 saturated carbocycles. The van der Waals surface area contributed by atoms with Crippen LogP contribution in [0.5, 0.6) is 0 Å². The molecule has 1 unspecified atom stereocenters. The Balaban J connectivity index is 3.21. The molecule has 0 amide bonds. The number of hydrogen-bond donors (Lipinski definition) is 0. The van der Waals surface area contributed by atoms with Gasteiger partial charge in [0.15, 0.2) is 9.76 Å². The molecule has 0 aromatic carbocycles. The molecule has 0 saturated heterocycles. The Hall–Kier alpha value is 0.137. The van der Waals surface area contributed by atoms with Crippen molar-refractivity contribution in [1.29, 1.82) is 0 Å². The molecule has 0 aliphatic carbocycles. The summed E-state index contributed by atoms with van der Waals surface area (Å²) in [5.41, 5.74) is 0.435. The fraction of sp³-hybridized carbons (Fsp3) is 1.00. The summed E-state index contributed by atoms with van der Waals surface area (Å²) < 4.78 is 10.8. The highest BCUT2D eigenvalue weighted by molar-refractivity contribution is 6.29. The summed E-state index contributed by atoms with van der Waals surface area (Å²) >= 11 is 0. The lowest BCUT2D eigenvalue weighted by molar-refractivity contribution is 0.102. The summed E-state index contributed by atoms with van der Waals surface area (Å²) in [4.78, 5) is 0. The lowest BCUT2D eigenvalue weighted by Crippen LogP contribution is -2.22. The summed E-state index contributed by atoms with van der Waals surface area (Å²) in [5, 5.41) is 0. The second kappa shape index (κ2) is 7.25. The molecule has 0 heterocycles. The number of rotatable bonds is 6. The maximum Gasteiger partial charge on any atom is 0.190 e. The highest BCUT2D eigenvalue weighted by atomic mass is 28.2. The van der Waals surface area contributed by atoms with E-state index in [4.69, 9.17) is 9.16 Å². The van der Waals surface area contributed by atoms with Gasteiger partial charge in [0.1, 0.15) is 0 Å². The largest absolute Gasteiger partial charge is 0.422 e. The second-order valence-corrected chi connectivity index (χ2v) is 3.80. The molecule has 0 radical (unpaired) electrons. The average Bonchev–Trinajstić information content (AvgIpc) is 1.98. The summed E-state index contributed by atoms with van der Waals surface area (Å²) in [6, 6.07) is 0. The monoisotopic (exact) mass is 162 g/mol. The van der Waals surface area contributed by atoms with Crippen LogP contribution >= 0.6 is 0 Å². The van der Waals surface area contributed by atoms with Crippen molar-refractivity contribution in [3.8, 4) is 0 Å². The molecule has 10 heavy (non-hydrogen) atoms. The van der Waals surface area contributed by atoms with E-state index in [-0.39, 0.29) is 0 Å². The first-order valence-corrected chi connectivity index (χ1v) is 5.43. The van der Waals surface area contributed by atoms with Gasteiger partial charge in [0.05, 0.1) is 5.73 Å². The fourth-order valence-corrected chi connectivity index (χ4v) is 1.84. The molecule has 0 aromatic heterocycles. The van der Waals surface area contributed by atoms with Crippen LogP contribution in [-0.4, -0.2) is 28.7 Å². The van der Waals surface area contributed by atoms with E-state index < -0.39 is 9.76 Å². The number of ether oxygens (including phenoxy) is 1. The Morgan fingerprint density at radius 1 is 1.20 bits per heavy atom. The van der Waals surface area contributed by atoms with Crippen molar-refractivity contribution in [2.45, 2.75) is 32.9 Å². The SMILES string of the molecule is CCO[SiH2]C(CC)OCC. The van der Waals surface area contributed by atoms with Gasteiger partial charge in [-0.2, -0.15) is 0 Å². The molecule has 62 valence electrons. The summed E-state index contributed by atoms with van der Waals surface area (Å²) in [6.07, 6.45) is 1.10. The van der Waals surface area contributed by atoms with Crippen LogP contribution in [0.15, 0.2) is 0 Å². The molecule has 0 N–H and O–H groups in total. The van der Waals surface area contributed by atoms with Crippen LogP contribution in [0, 0.1) is 0 Å². The van der Waals surface area contributed by atoms with Crippen molar-refractivity contribution < 1.29 is 9.16 Å². The topological polar surface area (TPSA) is 18.5 Å². The molecule has 0 aliphatic heterocycles. The van der Waals surface area contributed by atoms with E-state index in [1.165, 1.54) is 0 Å². The molecular weight excluding hydrogens is 144 g/mol. The van der Waals surface area contributed by atoms with Crippen molar-refractivity contribution in [3.63, 3.8) is 0 Å². The maximum absolute atomic E-state index is 5.43. The smallest absolute Gasteiger partial charge is 0.190 e. The zero-order valence-electron chi connectivity index (χ0n) is 7.22. The molecule has 2 nitrogen and oxygen atoms in total. The average molecular weight is 162 g/mol. The third kappa shape index (κ3) is 4.96. The van der Waals surface area contributed by atoms with Crippen molar-refractivity contribution in [1.82, 2.24) is 0 Å². The van der Waals surface area contributed by atoms with Gasteiger partial charge in [0.25, 0.3) is 0 Å². The molecule has 0 aliphatic rings. The van der Waals surface area contributed by atoms with Crippen LogP contribution in [0.2, 0.25) is 0 Å². The Morgan fingerprint density at radius 3 is 2.30 bits per heavy atom. The van der Waals surface area contributed by atoms with Crippen LogP contribution in [0.3, 0.4) is 0 Å². The summed E-state index contributed by atoms with van der Waals surface area (Å²) in [5.74, 6) is 0. The van der Waals surface area contributed by atoms with E-state index in [9.17, 15) is 0 Å². The summed E-state index contributed by atoms with van der Waals surface area (Å²) in [6.45, 7) is 7.87. The minimum absolute atomic E-state index is 0.408.